The average Bonchev–Trinajstić information content (AvgIpc) is 2.63. The Hall–Kier alpha value is -0.920. The van der Waals surface area contributed by atoms with E-state index in [1.807, 2.05) is 27.7 Å². The maximum Gasteiger partial charge on any atom is 0.246 e. The molecule has 2 rings (SSSR count). The summed E-state index contributed by atoms with van der Waals surface area (Å²) >= 11 is 0. The predicted octanol–water partition coefficient (Wildman–Crippen LogP) is 1.32. The molecule has 1 aromatic heterocycles. The maximum atomic E-state index is 12.9. The zero-order chi connectivity index (χ0) is 15.1. The highest BCUT2D eigenvalue weighted by Crippen LogP contribution is 2.26. The molecule has 0 amide bonds. The Bertz CT molecular complexity index is 584. The van der Waals surface area contributed by atoms with Crippen LogP contribution in [0.4, 0.5) is 0 Å². The van der Waals surface area contributed by atoms with E-state index < -0.39 is 10.0 Å². The Kier molecular flexibility index (Phi) is 4.22. The molecule has 0 N–H and O–H groups in total. The molecule has 20 heavy (non-hydrogen) atoms. The Morgan fingerprint density at radius 1 is 1.25 bits per heavy atom. The van der Waals surface area contributed by atoms with Gasteiger partial charge in [0.15, 0.2) is 0 Å². The molecule has 0 radical (unpaired) electrons. The van der Waals surface area contributed by atoms with Gasteiger partial charge in [-0.05, 0) is 34.6 Å². The van der Waals surface area contributed by atoms with Crippen molar-refractivity contribution >= 4 is 10.0 Å². The third-order valence-corrected chi connectivity index (χ3v) is 5.68. The molecule has 0 aromatic carbocycles. The fourth-order valence-corrected chi connectivity index (χ4v) is 4.78. The lowest BCUT2D eigenvalue weighted by Crippen LogP contribution is -2.48. The van der Waals surface area contributed by atoms with Crippen LogP contribution in [-0.2, 0) is 21.3 Å². The van der Waals surface area contributed by atoms with Crippen molar-refractivity contribution in [3.05, 3.63) is 11.4 Å². The van der Waals surface area contributed by atoms with Gasteiger partial charge in [0, 0.05) is 19.6 Å². The van der Waals surface area contributed by atoms with Gasteiger partial charge in [-0.25, -0.2) is 8.42 Å². The number of ether oxygens (including phenoxy) is 1. The van der Waals surface area contributed by atoms with Gasteiger partial charge >= 0.3 is 0 Å². The van der Waals surface area contributed by atoms with E-state index in [1.165, 1.54) is 4.31 Å². The number of nitrogens with zero attached hydrogens (tertiary/aromatic N) is 3. The van der Waals surface area contributed by atoms with Crippen molar-refractivity contribution in [3.8, 4) is 0 Å². The first-order valence-corrected chi connectivity index (χ1v) is 8.41. The molecule has 1 aliphatic heterocycles. The van der Waals surface area contributed by atoms with E-state index in [9.17, 15) is 8.42 Å². The van der Waals surface area contributed by atoms with E-state index in [-0.39, 0.29) is 12.2 Å². The van der Waals surface area contributed by atoms with Crippen molar-refractivity contribution in [2.45, 2.75) is 58.3 Å². The molecule has 1 saturated heterocycles. The molecule has 1 aliphatic rings. The van der Waals surface area contributed by atoms with Crippen molar-refractivity contribution in [2.75, 3.05) is 13.1 Å². The Balaban J connectivity index is 2.42. The number of sulfonamides is 1. The van der Waals surface area contributed by atoms with Gasteiger partial charge in [0.25, 0.3) is 0 Å². The lowest BCUT2D eigenvalue weighted by molar-refractivity contribution is -0.0441. The van der Waals surface area contributed by atoms with Crippen LogP contribution in [0, 0.1) is 13.8 Å². The number of rotatable bonds is 3. The van der Waals surface area contributed by atoms with Crippen LogP contribution in [0.25, 0.3) is 0 Å². The number of morpholine rings is 1. The molecule has 1 aromatic rings. The number of hydrogen-bond donors (Lipinski definition) is 0. The highest BCUT2D eigenvalue weighted by atomic mass is 32.2. The fourth-order valence-electron chi connectivity index (χ4n) is 2.82. The summed E-state index contributed by atoms with van der Waals surface area (Å²) in [5.41, 5.74) is 1.27. The van der Waals surface area contributed by atoms with E-state index in [4.69, 9.17) is 4.74 Å². The molecule has 0 saturated carbocycles. The smallest absolute Gasteiger partial charge is 0.246 e. The first-order chi connectivity index (χ1) is 9.27. The van der Waals surface area contributed by atoms with Crippen LogP contribution in [0.15, 0.2) is 4.90 Å². The highest BCUT2D eigenvalue weighted by molar-refractivity contribution is 7.89. The van der Waals surface area contributed by atoms with E-state index in [1.54, 1.807) is 11.6 Å². The highest BCUT2D eigenvalue weighted by Gasteiger charge is 2.35. The minimum Gasteiger partial charge on any atom is -0.373 e. The molecule has 0 aliphatic carbocycles. The molecule has 2 heterocycles. The molecule has 0 spiro atoms. The van der Waals surface area contributed by atoms with Crippen LogP contribution in [-0.4, -0.2) is 47.8 Å². The average molecular weight is 301 g/mol. The molecule has 6 nitrogen and oxygen atoms in total. The number of hydrogen-bond acceptors (Lipinski definition) is 4. The predicted molar refractivity (Wildman–Crippen MR) is 76.1 cm³/mol. The number of aromatic nitrogens is 2. The van der Waals surface area contributed by atoms with E-state index in [0.29, 0.717) is 35.9 Å². The topological polar surface area (TPSA) is 64.4 Å². The molecule has 0 bridgehead atoms. The van der Waals surface area contributed by atoms with Crippen LogP contribution in [0.5, 0.6) is 0 Å². The SMILES string of the molecule is CCn1nc(C)c(S(=O)(=O)N2CC(C)OC(C)C2)c1C. The summed E-state index contributed by atoms with van der Waals surface area (Å²) in [7, 11) is -3.51. The largest absolute Gasteiger partial charge is 0.373 e. The van der Waals surface area contributed by atoms with Crippen molar-refractivity contribution in [1.29, 1.82) is 0 Å². The minimum absolute atomic E-state index is 0.0876. The first-order valence-electron chi connectivity index (χ1n) is 6.97. The lowest BCUT2D eigenvalue weighted by Gasteiger charge is -2.34. The van der Waals surface area contributed by atoms with Crippen molar-refractivity contribution < 1.29 is 13.2 Å². The molecule has 7 heteroatoms. The van der Waals surface area contributed by atoms with Crippen LogP contribution in [0.3, 0.4) is 0 Å². The second-order valence-corrected chi connectivity index (χ2v) is 7.27. The summed E-state index contributed by atoms with van der Waals surface area (Å²) in [6, 6.07) is 0. The van der Waals surface area contributed by atoms with Gasteiger partial charge in [-0.3, -0.25) is 4.68 Å². The zero-order valence-corrected chi connectivity index (χ0v) is 13.6. The molecule has 114 valence electrons. The van der Waals surface area contributed by atoms with Crippen LogP contribution >= 0.6 is 0 Å². The van der Waals surface area contributed by atoms with Gasteiger partial charge in [0.1, 0.15) is 4.90 Å². The maximum absolute atomic E-state index is 12.9. The first kappa shape index (κ1) is 15.5. The van der Waals surface area contributed by atoms with Crippen molar-refractivity contribution in [2.24, 2.45) is 0 Å². The molecular weight excluding hydrogens is 278 g/mol. The normalized spacial score (nSPS) is 25.1. The second kappa shape index (κ2) is 5.46. The van der Waals surface area contributed by atoms with Gasteiger partial charge in [-0.1, -0.05) is 0 Å². The Morgan fingerprint density at radius 3 is 2.25 bits per heavy atom. The summed E-state index contributed by atoms with van der Waals surface area (Å²) in [6.07, 6.45) is -0.175. The zero-order valence-electron chi connectivity index (χ0n) is 12.8. The van der Waals surface area contributed by atoms with Crippen molar-refractivity contribution in [3.63, 3.8) is 0 Å². The van der Waals surface area contributed by atoms with E-state index >= 15 is 0 Å². The second-order valence-electron chi connectivity index (χ2n) is 5.40. The van der Waals surface area contributed by atoms with Crippen LogP contribution < -0.4 is 0 Å². The van der Waals surface area contributed by atoms with Gasteiger partial charge in [-0.15, -0.1) is 0 Å². The number of aryl methyl sites for hydroxylation is 2. The lowest BCUT2D eigenvalue weighted by atomic mass is 10.3. The summed E-state index contributed by atoms with van der Waals surface area (Å²) in [6.45, 7) is 10.8. The molecule has 2 atom stereocenters. The fraction of sp³-hybridized carbons (Fsp3) is 0.769. The van der Waals surface area contributed by atoms with Gasteiger partial charge in [0.2, 0.25) is 10.0 Å². The van der Waals surface area contributed by atoms with Gasteiger partial charge < -0.3 is 4.74 Å². The summed E-state index contributed by atoms with van der Waals surface area (Å²) in [5.74, 6) is 0. The third-order valence-electron chi connectivity index (χ3n) is 3.60. The minimum atomic E-state index is -3.51. The summed E-state index contributed by atoms with van der Waals surface area (Å²) in [4.78, 5) is 0.348. The van der Waals surface area contributed by atoms with E-state index in [0.717, 1.165) is 0 Å². The van der Waals surface area contributed by atoms with Crippen molar-refractivity contribution in [1.82, 2.24) is 14.1 Å². The van der Waals surface area contributed by atoms with Crippen LogP contribution in [0.2, 0.25) is 0 Å². The van der Waals surface area contributed by atoms with Gasteiger partial charge in [0.05, 0.1) is 23.6 Å². The standard InChI is InChI=1S/C13H23N3O3S/c1-6-16-12(5)13(11(4)14-16)20(17,18)15-7-9(2)19-10(3)8-15/h9-10H,6-8H2,1-5H3. The van der Waals surface area contributed by atoms with E-state index in [2.05, 4.69) is 5.10 Å². The van der Waals surface area contributed by atoms with Gasteiger partial charge in [-0.2, -0.15) is 9.40 Å². The van der Waals surface area contributed by atoms with Crippen LogP contribution in [0.1, 0.15) is 32.2 Å². The summed E-state index contributed by atoms with van der Waals surface area (Å²) in [5, 5.41) is 4.31. The Morgan fingerprint density at radius 2 is 1.80 bits per heavy atom. The quantitative estimate of drug-likeness (QED) is 0.844. The summed E-state index contributed by atoms with van der Waals surface area (Å²) < 4.78 is 34.6. The third kappa shape index (κ3) is 2.62. The molecular formula is C13H23N3O3S. The Labute approximate surface area is 120 Å². The molecule has 2 unspecified atom stereocenters. The molecule has 1 fully saturated rings. The monoisotopic (exact) mass is 301 g/mol.